The van der Waals surface area contributed by atoms with E-state index in [9.17, 15) is 0 Å². The number of hydrogen-bond acceptors (Lipinski definition) is 3. The molecule has 0 aliphatic carbocycles. The Kier molecular flexibility index (Phi) is 3.20. The highest BCUT2D eigenvalue weighted by atomic mass is 16.5. The molecule has 1 atom stereocenters. The standard InChI is InChI=1S/C8H16N2O/c1-3-4-5-9-8-10-6-7(2)11-8/h7H,3-6H2,1-2H3,(H,9,10). The summed E-state index contributed by atoms with van der Waals surface area (Å²) in [6, 6.07) is 0.728. The highest BCUT2D eigenvalue weighted by Crippen LogP contribution is 2.00. The smallest absolute Gasteiger partial charge is 0.285 e. The molecule has 0 radical (unpaired) electrons. The quantitative estimate of drug-likeness (QED) is 0.622. The Morgan fingerprint density at radius 1 is 1.73 bits per heavy atom. The van der Waals surface area contributed by atoms with Gasteiger partial charge in [0.25, 0.3) is 6.02 Å². The van der Waals surface area contributed by atoms with Crippen LogP contribution in [0.15, 0.2) is 4.99 Å². The van der Waals surface area contributed by atoms with Crippen LogP contribution in [0.2, 0.25) is 0 Å². The first kappa shape index (κ1) is 8.37. The lowest BCUT2D eigenvalue weighted by Gasteiger charge is -2.06. The number of nitrogens with one attached hydrogen (secondary N) is 1. The van der Waals surface area contributed by atoms with E-state index in [4.69, 9.17) is 4.74 Å². The molecular weight excluding hydrogens is 140 g/mol. The third-order valence-corrected chi connectivity index (χ3v) is 1.61. The molecule has 0 fully saturated rings. The molecule has 0 aromatic rings. The van der Waals surface area contributed by atoms with Crippen molar-refractivity contribution < 1.29 is 4.74 Å². The number of ether oxygens (including phenoxy) is 1. The van der Waals surface area contributed by atoms with Crippen molar-refractivity contribution in [3.63, 3.8) is 0 Å². The fourth-order valence-electron chi connectivity index (χ4n) is 0.946. The molecule has 0 bridgehead atoms. The van der Waals surface area contributed by atoms with E-state index in [2.05, 4.69) is 17.2 Å². The van der Waals surface area contributed by atoms with E-state index in [1.165, 1.54) is 12.8 Å². The van der Waals surface area contributed by atoms with Gasteiger partial charge in [-0.15, -0.1) is 0 Å². The van der Waals surface area contributed by atoms with Gasteiger partial charge in [0, 0.05) is 6.54 Å². The predicted octanol–water partition coefficient (Wildman–Crippen LogP) is 1.15. The van der Waals surface area contributed by atoms with Crippen molar-refractivity contribution in [1.29, 1.82) is 0 Å². The Labute approximate surface area is 67.8 Å². The molecule has 64 valence electrons. The summed E-state index contributed by atoms with van der Waals surface area (Å²) in [5, 5.41) is 3.14. The minimum atomic E-state index is 0.263. The summed E-state index contributed by atoms with van der Waals surface area (Å²) in [6.07, 6.45) is 2.64. The second-order valence-corrected chi connectivity index (χ2v) is 2.85. The molecule has 3 heteroatoms. The Balaban J connectivity index is 2.08. The number of unbranched alkanes of at least 4 members (excludes halogenated alkanes) is 1. The average molecular weight is 156 g/mol. The lowest BCUT2D eigenvalue weighted by Crippen LogP contribution is -2.25. The zero-order chi connectivity index (χ0) is 8.10. The van der Waals surface area contributed by atoms with Crippen molar-refractivity contribution in [1.82, 2.24) is 5.32 Å². The predicted molar refractivity (Wildman–Crippen MR) is 45.8 cm³/mol. The maximum Gasteiger partial charge on any atom is 0.285 e. The summed E-state index contributed by atoms with van der Waals surface area (Å²) in [5.41, 5.74) is 0. The summed E-state index contributed by atoms with van der Waals surface area (Å²) in [5.74, 6) is 0. The second kappa shape index (κ2) is 4.21. The summed E-state index contributed by atoms with van der Waals surface area (Å²) >= 11 is 0. The number of rotatable bonds is 3. The van der Waals surface area contributed by atoms with E-state index < -0.39 is 0 Å². The van der Waals surface area contributed by atoms with Gasteiger partial charge in [-0.25, -0.2) is 4.99 Å². The first-order chi connectivity index (χ1) is 5.33. The lowest BCUT2D eigenvalue weighted by molar-refractivity contribution is 0.235. The summed E-state index contributed by atoms with van der Waals surface area (Å²) in [6.45, 7) is 5.97. The van der Waals surface area contributed by atoms with E-state index in [0.29, 0.717) is 0 Å². The van der Waals surface area contributed by atoms with Gasteiger partial charge in [0.1, 0.15) is 6.10 Å². The molecule has 0 aromatic heterocycles. The van der Waals surface area contributed by atoms with Gasteiger partial charge in [-0.05, 0) is 13.3 Å². The molecule has 11 heavy (non-hydrogen) atoms. The molecule has 0 spiro atoms. The van der Waals surface area contributed by atoms with E-state index in [1.807, 2.05) is 6.92 Å². The first-order valence-corrected chi connectivity index (χ1v) is 4.28. The topological polar surface area (TPSA) is 33.6 Å². The maximum atomic E-state index is 5.35. The summed E-state index contributed by atoms with van der Waals surface area (Å²) < 4.78 is 5.35. The van der Waals surface area contributed by atoms with Crippen LogP contribution in [0.3, 0.4) is 0 Å². The first-order valence-electron chi connectivity index (χ1n) is 4.28. The fraction of sp³-hybridized carbons (Fsp3) is 0.875. The molecule has 0 aromatic carbocycles. The normalized spacial score (nSPS) is 22.7. The molecule has 0 saturated heterocycles. The van der Waals surface area contributed by atoms with E-state index in [0.717, 1.165) is 19.1 Å². The number of hydrogen-bond donors (Lipinski definition) is 1. The molecule has 1 aliphatic heterocycles. The molecule has 0 amide bonds. The van der Waals surface area contributed by atoms with Gasteiger partial charge in [0.2, 0.25) is 0 Å². The molecule has 3 nitrogen and oxygen atoms in total. The highest BCUT2D eigenvalue weighted by molar-refractivity contribution is 5.75. The van der Waals surface area contributed by atoms with E-state index >= 15 is 0 Å². The Hall–Kier alpha value is -0.730. The average Bonchev–Trinajstić information content (AvgIpc) is 2.37. The van der Waals surface area contributed by atoms with E-state index in [-0.39, 0.29) is 6.10 Å². The van der Waals surface area contributed by atoms with Gasteiger partial charge in [0.15, 0.2) is 0 Å². The molecule has 1 heterocycles. The minimum Gasteiger partial charge on any atom is -0.460 e. The zero-order valence-electron chi connectivity index (χ0n) is 7.26. The highest BCUT2D eigenvalue weighted by Gasteiger charge is 2.13. The van der Waals surface area contributed by atoms with Crippen LogP contribution in [-0.2, 0) is 4.74 Å². The molecule has 1 rings (SSSR count). The molecule has 1 aliphatic rings. The Morgan fingerprint density at radius 2 is 2.55 bits per heavy atom. The summed E-state index contributed by atoms with van der Waals surface area (Å²) in [4.78, 5) is 4.17. The SMILES string of the molecule is CCCCNC1=NCC(C)O1. The summed E-state index contributed by atoms with van der Waals surface area (Å²) in [7, 11) is 0. The van der Waals surface area contributed by atoms with Crippen molar-refractivity contribution >= 4 is 6.02 Å². The van der Waals surface area contributed by atoms with Crippen LogP contribution in [0.4, 0.5) is 0 Å². The van der Waals surface area contributed by atoms with Gasteiger partial charge in [-0.3, -0.25) is 0 Å². The van der Waals surface area contributed by atoms with Crippen molar-refractivity contribution in [2.75, 3.05) is 13.1 Å². The van der Waals surface area contributed by atoms with Crippen LogP contribution in [0.1, 0.15) is 26.7 Å². The van der Waals surface area contributed by atoms with Crippen molar-refractivity contribution in [3.05, 3.63) is 0 Å². The third-order valence-electron chi connectivity index (χ3n) is 1.61. The lowest BCUT2D eigenvalue weighted by atomic mass is 10.3. The van der Waals surface area contributed by atoms with Crippen molar-refractivity contribution in [2.24, 2.45) is 4.99 Å². The number of nitrogens with zero attached hydrogens (tertiary/aromatic N) is 1. The number of amidine groups is 1. The van der Waals surface area contributed by atoms with Gasteiger partial charge in [-0.2, -0.15) is 0 Å². The Morgan fingerprint density at radius 3 is 3.09 bits per heavy atom. The molecule has 1 N–H and O–H groups in total. The zero-order valence-corrected chi connectivity index (χ0v) is 7.26. The largest absolute Gasteiger partial charge is 0.460 e. The van der Waals surface area contributed by atoms with Gasteiger partial charge in [-0.1, -0.05) is 13.3 Å². The van der Waals surface area contributed by atoms with Crippen LogP contribution >= 0.6 is 0 Å². The van der Waals surface area contributed by atoms with Crippen LogP contribution in [0.25, 0.3) is 0 Å². The molecule has 1 unspecified atom stereocenters. The van der Waals surface area contributed by atoms with Crippen LogP contribution in [0.5, 0.6) is 0 Å². The van der Waals surface area contributed by atoms with Crippen LogP contribution in [-0.4, -0.2) is 25.2 Å². The minimum absolute atomic E-state index is 0.263. The van der Waals surface area contributed by atoms with Gasteiger partial charge in [0.05, 0.1) is 6.54 Å². The fourth-order valence-corrected chi connectivity index (χ4v) is 0.946. The maximum absolute atomic E-state index is 5.35. The van der Waals surface area contributed by atoms with Crippen LogP contribution in [0, 0.1) is 0 Å². The molecule has 0 saturated carbocycles. The van der Waals surface area contributed by atoms with Crippen molar-refractivity contribution in [2.45, 2.75) is 32.8 Å². The van der Waals surface area contributed by atoms with Gasteiger partial charge >= 0.3 is 0 Å². The van der Waals surface area contributed by atoms with E-state index in [1.54, 1.807) is 0 Å². The second-order valence-electron chi connectivity index (χ2n) is 2.85. The third kappa shape index (κ3) is 2.78. The Bertz CT molecular complexity index is 145. The molecular formula is C8H16N2O. The van der Waals surface area contributed by atoms with Crippen molar-refractivity contribution in [3.8, 4) is 0 Å². The van der Waals surface area contributed by atoms with Gasteiger partial charge < -0.3 is 10.1 Å². The number of aliphatic imine (C=N–C) groups is 1. The van der Waals surface area contributed by atoms with Crippen LogP contribution < -0.4 is 5.32 Å². The monoisotopic (exact) mass is 156 g/mol.